The molecule has 0 bridgehead atoms. The molecule has 3 rings (SSSR count). The number of benzene rings is 1. The molecule has 2 aromatic rings. The van der Waals surface area contributed by atoms with Crippen molar-refractivity contribution in [2.24, 2.45) is 0 Å². The van der Waals surface area contributed by atoms with Gasteiger partial charge in [0.1, 0.15) is 17.1 Å². The fourth-order valence-electron chi connectivity index (χ4n) is 2.13. The summed E-state index contributed by atoms with van der Waals surface area (Å²) in [5, 5.41) is 3.66. The number of hydrogen-bond donors (Lipinski definition) is 0. The number of carbonyl (C=O) groups excluding carboxylic acids is 1. The molecule has 1 aliphatic heterocycles. The number of ether oxygens (including phenoxy) is 2. The molecule has 1 aromatic carbocycles. The van der Waals surface area contributed by atoms with Gasteiger partial charge in [-0.15, -0.1) is 0 Å². The first kappa shape index (κ1) is 12.7. The van der Waals surface area contributed by atoms with Crippen LogP contribution in [0.4, 0.5) is 0 Å². The molecule has 1 aliphatic rings. The molecule has 104 valence electrons. The van der Waals surface area contributed by atoms with Crippen LogP contribution < -0.4 is 9.47 Å². The summed E-state index contributed by atoms with van der Waals surface area (Å²) >= 11 is 0. The summed E-state index contributed by atoms with van der Waals surface area (Å²) in [5.41, 5.74) is 0.104. The Hall–Kier alpha value is -2.37. The van der Waals surface area contributed by atoms with Gasteiger partial charge in [0.05, 0.1) is 12.0 Å². The summed E-state index contributed by atoms with van der Waals surface area (Å²) in [6.07, 6.45) is 1.62. The van der Waals surface area contributed by atoms with Crippen molar-refractivity contribution in [3.63, 3.8) is 0 Å². The molecular weight excluding hydrogens is 260 g/mol. The fourth-order valence-corrected chi connectivity index (χ4v) is 2.13. The SMILES string of the molecule is CC1(C)CC(=O)c2ccc(OCc3ncon3)cc2O1. The third-order valence-electron chi connectivity index (χ3n) is 3.00. The largest absolute Gasteiger partial charge is 0.486 e. The monoisotopic (exact) mass is 274 g/mol. The van der Waals surface area contributed by atoms with Crippen molar-refractivity contribution in [3.05, 3.63) is 36.0 Å². The van der Waals surface area contributed by atoms with Crippen molar-refractivity contribution in [3.8, 4) is 11.5 Å². The predicted octanol–water partition coefficient (Wildman–Crippen LogP) is 2.39. The zero-order chi connectivity index (χ0) is 14.2. The molecule has 6 heteroatoms. The van der Waals surface area contributed by atoms with Gasteiger partial charge in [-0.2, -0.15) is 4.98 Å². The van der Waals surface area contributed by atoms with Gasteiger partial charge in [-0.3, -0.25) is 4.79 Å². The molecule has 0 spiro atoms. The summed E-state index contributed by atoms with van der Waals surface area (Å²) < 4.78 is 16.0. The van der Waals surface area contributed by atoms with E-state index in [0.717, 1.165) is 0 Å². The summed E-state index contributed by atoms with van der Waals surface area (Å²) in [7, 11) is 0. The topological polar surface area (TPSA) is 74.5 Å². The maximum atomic E-state index is 12.0. The van der Waals surface area contributed by atoms with Crippen LogP contribution in [-0.4, -0.2) is 21.5 Å². The zero-order valence-corrected chi connectivity index (χ0v) is 11.3. The van der Waals surface area contributed by atoms with Crippen LogP contribution in [0.5, 0.6) is 11.5 Å². The predicted molar refractivity (Wildman–Crippen MR) is 68.7 cm³/mol. The number of hydrogen-bond acceptors (Lipinski definition) is 6. The molecule has 0 unspecified atom stereocenters. The van der Waals surface area contributed by atoms with Crippen LogP contribution in [0.15, 0.2) is 29.1 Å². The molecular formula is C14H14N2O4. The molecule has 0 fully saturated rings. The zero-order valence-electron chi connectivity index (χ0n) is 11.3. The highest BCUT2D eigenvalue weighted by atomic mass is 16.5. The van der Waals surface area contributed by atoms with Crippen molar-refractivity contribution >= 4 is 5.78 Å². The fraction of sp³-hybridized carbons (Fsp3) is 0.357. The summed E-state index contributed by atoms with van der Waals surface area (Å²) in [6, 6.07) is 5.17. The van der Waals surface area contributed by atoms with Crippen molar-refractivity contribution in [2.75, 3.05) is 0 Å². The van der Waals surface area contributed by atoms with E-state index in [4.69, 9.17) is 9.47 Å². The summed E-state index contributed by atoms with van der Waals surface area (Å²) in [6.45, 7) is 3.98. The first-order valence-electron chi connectivity index (χ1n) is 6.28. The molecule has 0 radical (unpaired) electrons. The lowest BCUT2D eigenvalue weighted by molar-refractivity contribution is 0.0618. The normalized spacial score (nSPS) is 16.4. The van der Waals surface area contributed by atoms with Crippen molar-refractivity contribution in [1.82, 2.24) is 10.1 Å². The number of rotatable bonds is 3. The highest BCUT2D eigenvalue weighted by molar-refractivity contribution is 6.00. The van der Waals surface area contributed by atoms with Crippen molar-refractivity contribution < 1.29 is 18.8 Å². The van der Waals surface area contributed by atoms with Gasteiger partial charge in [0.15, 0.2) is 12.4 Å². The Balaban J connectivity index is 1.80. The lowest BCUT2D eigenvalue weighted by Crippen LogP contribution is -2.35. The van der Waals surface area contributed by atoms with E-state index in [1.807, 2.05) is 13.8 Å². The quantitative estimate of drug-likeness (QED) is 0.855. The molecule has 2 heterocycles. The Labute approximate surface area is 115 Å². The molecule has 0 atom stereocenters. The second-order valence-electron chi connectivity index (χ2n) is 5.26. The number of aromatic nitrogens is 2. The van der Waals surface area contributed by atoms with Gasteiger partial charge in [-0.1, -0.05) is 5.16 Å². The average molecular weight is 274 g/mol. The number of Topliss-reactive ketones (excluding diaryl/α,β-unsaturated/α-hetero) is 1. The Morgan fingerprint density at radius 1 is 1.40 bits per heavy atom. The van der Waals surface area contributed by atoms with Crippen molar-refractivity contribution in [1.29, 1.82) is 0 Å². The second-order valence-corrected chi connectivity index (χ2v) is 5.26. The molecule has 0 N–H and O–H groups in total. The highest BCUT2D eigenvalue weighted by Crippen LogP contribution is 2.35. The van der Waals surface area contributed by atoms with Crippen LogP contribution in [-0.2, 0) is 6.61 Å². The molecule has 0 saturated carbocycles. The van der Waals surface area contributed by atoms with E-state index in [-0.39, 0.29) is 12.4 Å². The Morgan fingerprint density at radius 2 is 2.25 bits per heavy atom. The van der Waals surface area contributed by atoms with E-state index >= 15 is 0 Å². The van der Waals surface area contributed by atoms with Crippen LogP contribution in [0.1, 0.15) is 36.5 Å². The second kappa shape index (κ2) is 4.63. The molecule has 0 amide bonds. The van der Waals surface area contributed by atoms with Gasteiger partial charge in [0.25, 0.3) is 0 Å². The maximum Gasteiger partial charge on any atom is 0.213 e. The van der Waals surface area contributed by atoms with E-state index in [0.29, 0.717) is 29.3 Å². The highest BCUT2D eigenvalue weighted by Gasteiger charge is 2.32. The molecule has 0 aliphatic carbocycles. The standard InChI is InChI=1S/C14H14N2O4/c1-14(2)6-11(17)10-4-3-9(5-12(10)20-14)18-7-13-15-8-19-16-13/h3-5,8H,6-7H2,1-2H3. The Bertz CT molecular complexity index is 635. The Morgan fingerprint density at radius 3 is 3.00 bits per heavy atom. The lowest BCUT2D eigenvalue weighted by Gasteiger charge is -2.31. The summed E-state index contributed by atoms with van der Waals surface area (Å²) in [4.78, 5) is 15.9. The van der Waals surface area contributed by atoms with E-state index in [1.165, 1.54) is 6.39 Å². The average Bonchev–Trinajstić information content (AvgIpc) is 2.87. The van der Waals surface area contributed by atoms with E-state index < -0.39 is 5.60 Å². The number of ketones is 1. The molecule has 1 aromatic heterocycles. The van der Waals surface area contributed by atoms with Crippen LogP contribution in [0, 0.1) is 0 Å². The van der Waals surface area contributed by atoms with Crippen LogP contribution in [0.2, 0.25) is 0 Å². The lowest BCUT2D eigenvalue weighted by atomic mass is 9.93. The maximum absolute atomic E-state index is 12.0. The van der Waals surface area contributed by atoms with Crippen LogP contribution in [0.3, 0.4) is 0 Å². The van der Waals surface area contributed by atoms with Crippen LogP contribution in [0.25, 0.3) is 0 Å². The summed E-state index contributed by atoms with van der Waals surface area (Å²) in [5.74, 6) is 1.69. The van der Waals surface area contributed by atoms with Gasteiger partial charge in [-0.25, -0.2) is 0 Å². The molecule has 0 saturated heterocycles. The van der Waals surface area contributed by atoms with Gasteiger partial charge < -0.3 is 14.0 Å². The first-order valence-corrected chi connectivity index (χ1v) is 6.28. The minimum absolute atomic E-state index is 0.0842. The molecule has 20 heavy (non-hydrogen) atoms. The smallest absolute Gasteiger partial charge is 0.213 e. The van der Waals surface area contributed by atoms with Gasteiger partial charge >= 0.3 is 0 Å². The van der Waals surface area contributed by atoms with Gasteiger partial charge in [0.2, 0.25) is 12.2 Å². The Kier molecular flexibility index (Phi) is 2.93. The molecule has 6 nitrogen and oxygen atoms in total. The number of carbonyl (C=O) groups is 1. The third-order valence-corrected chi connectivity index (χ3v) is 3.00. The van der Waals surface area contributed by atoms with E-state index in [2.05, 4.69) is 14.7 Å². The minimum atomic E-state index is -0.490. The van der Waals surface area contributed by atoms with Crippen molar-refractivity contribution in [2.45, 2.75) is 32.5 Å². The minimum Gasteiger partial charge on any atom is -0.486 e. The van der Waals surface area contributed by atoms with Gasteiger partial charge in [-0.05, 0) is 26.0 Å². The third kappa shape index (κ3) is 2.49. The number of nitrogens with zero attached hydrogens (tertiary/aromatic N) is 2. The van der Waals surface area contributed by atoms with E-state index in [9.17, 15) is 4.79 Å². The number of fused-ring (bicyclic) bond motifs is 1. The van der Waals surface area contributed by atoms with Gasteiger partial charge in [0, 0.05) is 6.07 Å². The first-order chi connectivity index (χ1) is 9.53. The van der Waals surface area contributed by atoms with Crippen LogP contribution >= 0.6 is 0 Å². The van der Waals surface area contributed by atoms with E-state index in [1.54, 1.807) is 18.2 Å².